The number of nitrogens with zero attached hydrogens (tertiary/aromatic N) is 1. The van der Waals surface area contributed by atoms with Crippen molar-refractivity contribution in [2.75, 3.05) is 19.6 Å². The standard InChI is InChI=1S/C42H42As3N/c1-7-19-37(20-8-1)43(38-21-9-2-10-22-38)31-34-46(35-32-44(39-23-11-3-12-24-39)40-25-13-4-14-26-40)36-33-45(41-27-15-5-16-28-41)42-29-17-6-18-30-42/h1-30H,31-36H2. The molecule has 6 rings (SSSR count). The molecular formula is C42H42As3N. The van der Waals surface area contributed by atoms with Gasteiger partial charge in [-0.3, -0.25) is 0 Å². The van der Waals surface area contributed by atoms with Gasteiger partial charge in [-0.15, -0.1) is 0 Å². The van der Waals surface area contributed by atoms with Crippen LogP contribution in [0.25, 0.3) is 0 Å². The Hall–Kier alpha value is -3.04. The zero-order chi connectivity index (χ0) is 31.2. The maximum atomic E-state index is 2.86. The fourth-order valence-corrected chi connectivity index (χ4v) is 20.8. The Morgan fingerprint density at radius 1 is 0.261 bits per heavy atom. The summed E-state index contributed by atoms with van der Waals surface area (Å²) in [7, 11) is 0. The molecule has 6 aromatic carbocycles. The summed E-state index contributed by atoms with van der Waals surface area (Å²) in [5.74, 6) is 0. The third kappa shape index (κ3) is 9.28. The van der Waals surface area contributed by atoms with E-state index in [1.807, 2.05) is 0 Å². The molecule has 0 radical (unpaired) electrons. The second-order valence-corrected chi connectivity index (χ2v) is 26.0. The Balaban J connectivity index is 1.27. The number of hydrogen-bond donors (Lipinski definition) is 0. The van der Waals surface area contributed by atoms with Crippen molar-refractivity contribution in [3.05, 3.63) is 182 Å². The Morgan fingerprint density at radius 3 is 0.609 bits per heavy atom. The Bertz CT molecular complexity index is 1360. The van der Waals surface area contributed by atoms with Gasteiger partial charge in [-0.05, 0) is 0 Å². The molecule has 0 aliphatic rings. The van der Waals surface area contributed by atoms with Crippen molar-refractivity contribution in [2.45, 2.75) is 15.6 Å². The summed E-state index contributed by atoms with van der Waals surface area (Å²) < 4.78 is 9.35. The molecule has 0 fully saturated rings. The van der Waals surface area contributed by atoms with Gasteiger partial charge in [0, 0.05) is 0 Å². The molecule has 1 nitrogen and oxygen atoms in total. The molecule has 46 heavy (non-hydrogen) atoms. The predicted molar refractivity (Wildman–Crippen MR) is 205 cm³/mol. The summed E-state index contributed by atoms with van der Waals surface area (Å²) in [4.78, 5) is 2.86. The average molecular weight is 786 g/mol. The van der Waals surface area contributed by atoms with E-state index in [2.05, 4.69) is 187 Å². The first-order valence-electron chi connectivity index (χ1n) is 16.2. The van der Waals surface area contributed by atoms with Gasteiger partial charge in [-0.1, -0.05) is 0 Å². The van der Waals surface area contributed by atoms with Gasteiger partial charge in [0.1, 0.15) is 0 Å². The molecule has 0 N–H and O–H groups in total. The normalized spacial score (nSPS) is 11.5. The van der Waals surface area contributed by atoms with Crippen molar-refractivity contribution in [3.63, 3.8) is 0 Å². The molecule has 0 atom stereocenters. The molecule has 6 aromatic rings. The Labute approximate surface area is 290 Å². The van der Waals surface area contributed by atoms with E-state index >= 15 is 0 Å². The van der Waals surface area contributed by atoms with Crippen LogP contribution in [-0.2, 0) is 0 Å². The second-order valence-electron chi connectivity index (χ2n) is 11.3. The van der Waals surface area contributed by atoms with Gasteiger partial charge in [0.05, 0.1) is 0 Å². The Morgan fingerprint density at radius 2 is 0.435 bits per heavy atom. The van der Waals surface area contributed by atoms with Gasteiger partial charge in [0.15, 0.2) is 0 Å². The first kappa shape index (κ1) is 32.9. The first-order chi connectivity index (χ1) is 22.8. The second kappa shape index (κ2) is 17.8. The van der Waals surface area contributed by atoms with E-state index in [9.17, 15) is 0 Å². The fourth-order valence-electron chi connectivity index (χ4n) is 5.93. The van der Waals surface area contributed by atoms with Crippen LogP contribution < -0.4 is 26.1 Å². The molecule has 0 amide bonds. The summed E-state index contributed by atoms with van der Waals surface area (Å²) in [5.41, 5.74) is 0. The molecule has 0 heterocycles. The fraction of sp³-hybridized carbons (Fsp3) is 0.143. The zero-order valence-corrected chi connectivity index (χ0v) is 32.0. The van der Waals surface area contributed by atoms with Crippen molar-refractivity contribution >= 4 is 70.1 Å². The van der Waals surface area contributed by atoms with E-state index in [4.69, 9.17) is 0 Å². The molecule has 0 saturated heterocycles. The van der Waals surface area contributed by atoms with Crippen LogP contribution in [-0.4, -0.2) is 68.5 Å². The topological polar surface area (TPSA) is 3.24 Å². The number of rotatable bonds is 15. The first-order valence-corrected chi connectivity index (χ1v) is 25.8. The molecule has 4 heteroatoms. The average Bonchev–Trinajstić information content (AvgIpc) is 3.14. The van der Waals surface area contributed by atoms with Gasteiger partial charge in [0.2, 0.25) is 0 Å². The van der Waals surface area contributed by atoms with E-state index in [0.717, 1.165) is 19.6 Å². The summed E-state index contributed by atoms with van der Waals surface area (Å²) in [6.07, 6.45) is 0. The van der Waals surface area contributed by atoms with Crippen LogP contribution >= 0.6 is 0 Å². The van der Waals surface area contributed by atoms with Crippen molar-refractivity contribution in [1.29, 1.82) is 0 Å². The van der Waals surface area contributed by atoms with Crippen molar-refractivity contribution in [3.8, 4) is 0 Å². The van der Waals surface area contributed by atoms with Gasteiger partial charge in [-0.2, -0.15) is 0 Å². The summed E-state index contributed by atoms with van der Waals surface area (Å²) in [6.45, 7) is 3.46. The minimum absolute atomic E-state index is 1.15. The van der Waals surface area contributed by atoms with E-state index in [1.54, 1.807) is 26.1 Å². The van der Waals surface area contributed by atoms with Gasteiger partial charge in [-0.25, -0.2) is 0 Å². The van der Waals surface area contributed by atoms with E-state index < -0.39 is 44.0 Å². The van der Waals surface area contributed by atoms with Crippen LogP contribution in [0.4, 0.5) is 0 Å². The zero-order valence-electron chi connectivity index (χ0n) is 26.4. The number of benzene rings is 6. The summed E-state index contributed by atoms with van der Waals surface area (Å²) >= 11 is -4.35. The van der Waals surface area contributed by atoms with Crippen molar-refractivity contribution in [2.24, 2.45) is 0 Å². The van der Waals surface area contributed by atoms with Crippen LogP contribution in [0.3, 0.4) is 0 Å². The van der Waals surface area contributed by atoms with E-state index in [0.29, 0.717) is 0 Å². The van der Waals surface area contributed by atoms with Crippen LogP contribution in [0.1, 0.15) is 0 Å². The van der Waals surface area contributed by atoms with Crippen molar-refractivity contribution < 1.29 is 0 Å². The van der Waals surface area contributed by atoms with Crippen LogP contribution in [0, 0.1) is 0 Å². The van der Waals surface area contributed by atoms with Crippen molar-refractivity contribution in [1.82, 2.24) is 4.90 Å². The molecule has 0 aliphatic carbocycles. The third-order valence-corrected chi connectivity index (χ3v) is 24.0. The SMILES string of the molecule is c1ccc([As](CCN(CC[As](c2ccccc2)c2ccccc2)CC[As](c2ccccc2)c2ccccc2)c2ccccc2)cc1. The monoisotopic (exact) mass is 785 g/mol. The molecular weight excluding hydrogens is 743 g/mol. The Kier molecular flexibility index (Phi) is 12.7. The molecule has 0 saturated carbocycles. The number of hydrogen-bond acceptors (Lipinski definition) is 1. The molecule has 0 bridgehead atoms. The van der Waals surface area contributed by atoms with Crippen LogP contribution in [0.2, 0.25) is 15.6 Å². The molecule has 230 valence electrons. The van der Waals surface area contributed by atoms with Crippen LogP contribution in [0.5, 0.6) is 0 Å². The quantitative estimate of drug-likeness (QED) is 0.129. The van der Waals surface area contributed by atoms with E-state index in [-0.39, 0.29) is 0 Å². The maximum absolute atomic E-state index is 2.86. The van der Waals surface area contributed by atoms with Gasteiger partial charge < -0.3 is 0 Å². The molecule has 0 aliphatic heterocycles. The van der Waals surface area contributed by atoms with Gasteiger partial charge in [0.25, 0.3) is 0 Å². The van der Waals surface area contributed by atoms with Crippen LogP contribution in [0.15, 0.2) is 182 Å². The van der Waals surface area contributed by atoms with Gasteiger partial charge >= 0.3 is 292 Å². The molecule has 0 spiro atoms. The summed E-state index contributed by atoms with van der Waals surface area (Å²) in [6, 6.07) is 68.1. The van der Waals surface area contributed by atoms with E-state index in [1.165, 1.54) is 15.6 Å². The minimum atomic E-state index is -1.45. The molecule has 0 unspecified atom stereocenters. The summed E-state index contributed by atoms with van der Waals surface area (Å²) in [5, 5.41) is 3.77. The predicted octanol–water partition coefficient (Wildman–Crippen LogP) is 5.22. The third-order valence-electron chi connectivity index (χ3n) is 8.33. The molecule has 0 aromatic heterocycles.